The lowest BCUT2D eigenvalue weighted by atomic mass is 9.33. The van der Waals surface area contributed by atoms with Gasteiger partial charge in [-0.15, -0.1) is 0 Å². The van der Waals surface area contributed by atoms with Crippen LogP contribution in [0.25, 0.3) is 0 Å². The molecule has 1 amide bonds. The highest BCUT2D eigenvalue weighted by atomic mass is 32.2. The summed E-state index contributed by atoms with van der Waals surface area (Å²) in [5.41, 5.74) is 0.189. The smallest absolute Gasteiger partial charge is 0.335 e. The molecule has 6 rings (SSSR count). The van der Waals surface area contributed by atoms with Crippen molar-refractivity contribution in [2.24, 2.45) is 50.2 Å². The van der Waals surface area contributed by atoms with Gasteiger partial charge in [0.1, 0.15) is 5.78 Å². The lowest BCUT2D eigenvalue weighted by Crippen LogP contribution is -2.65. The van der Waals surface area contributed by atoms with E-state index >= 15 is 0 Å². The second-order valence-electron chi connectivity index (χ2n) is 17.3. The highest BCUT2D eigenvalue weighted by molar-refractivity contribution is 7.90. The van der Waals surface area contributed by atoms with Gasteiger partial charge in [-0.1, -0.05) is 60.1 Å². The number of benzene rings is 1. The molecule has 4 fully saturated rings. The first-order valence-corrected chi connectivity index (χ1v) is 18.4. The number of hydrogen-bond acceptors (Lipinski definition) is 5. The zero-order valence-corrected chi connectivity index (χ0v) is 28.9. The topological polar surface area (TPSA) is 118 Å². The number of aromatic carboxylic acids is 1. The molecule has 0 aliphatic heterocycles. The fourth-order valence-electron chi connectivity index (χ4n) is 11.5. The minimum atomic E-state index is -4.19. The minimum Gasteiger partial charge on any atom is -0.478 e. The van der Waals surface area contributed by atoms with Crippen molar-refractivity contribution >= 4 is 27.7 Å². The van der Waals surface area contributed by atoms with Gasteiger partial charge >= 0.3 is 5.97 Å². The minimum absolute atomic E-state index is 0.0117. The van der Waals surface area contributed by atoms with E-state index in [1.165, 1.54) is 29.8 Å². The Morgan fingerprint density at radius 1 is 0.867 bits per heavy atom. The predicted octanol–water partition coefficient (Wildman–Crippen LogP) is 7.56. The van der Waals surface area contributed by atoms with Crippen molar-refractivity contribution in [2.45, 2.75) is 118 Å². The predicted molar refractivity (Wildman–Crippen MR) is 173 cm³/mol. The Kier molecular flexibility index (Phi) is 7.22. The summed E-state index contributed by atoms with van der Waals surface area (Å²) in [5.74, 6) is -0.421. The Hall–Kier alpha value is -2.48. The van der Waals surface area contributed by atoms with E-state index in [9.17, 15) is 27.9 Å². The Bertz CT molecular complexity index is 1590. The molecular formula is C37H51NO6S. The number of Topliss-reactive ketones (excluding diaryl/α,β-unsaturated/α-hetero) is 1. The lowest BCUT2D eigenvalue weighted by Gasteiger charge is -2.70. The van der Waals surface area contributed by atoms with Crippen LogP contribution in [0.4, 0.5) is 0 Å². The third kappa shape index (κ3) is 4.54. The van der Waals surface area contributed by atoms with Crippen molar-refractivity contribution in [3.63, 3.8) is 0 Å². The summed E-state index contributed by atoms with van der Waals surface area (Å²) in [6, 6.07) is 5.00. The van der Waals surface area contributed by atoms with Crippen molar-refractivity contribution in [1.29, 1.82) is 0 Å². The average Bonchev–Trinajstić information content (AvgIpc) is 2.95. The molecule has 0 radical (unpaired) electrons. The van der Waals surface area contributed by atoms with Gasteiger partial charge in [-0.05, 0) is 121 Å². The van der Waals surface area contributed by atoms with Crippen LogP contribution < -0.4 is 4.72 Å². The molecule has 0 spiro atoms. The molecular weight excluding hydrogens is 586 g/mol. The quantitative estimate of drug-likeness (QED) is 0.329. The zero-order chi connectivity index (χ0) is 33.0. The van der Waals surface area contributed by atoms with E-state index < -0.39 is 27.3 Å². The van der Waals surface area contributed by atoms with Gasteiger partial charge < -0.3 is 5.11 Å². The largest absolute Gasteiger partial charge is 0.478 e. The van der Waals surface area contributed by atoms with E-state index in [0.29, 0.717) is 36.9 Å². The molecule has 2 N–H and O–H groups in total. The Morgan fingerprint density at radius 2 is 1.51 bits per heavy atom. The molecule has 7 nitrogen and oxygen atoms in total. The monoisotopic (exact) mass is 637 g/mol. The van der Waals surface area contributed by atoms with Gasteiger partial charge in [0.2, 0.25) is 5.91 Å². The van der Waals surface area contributed by atoms with Gasteiger partial charge in [-0.3, -0.25) is 9.59 Å². The van der Waals surface area contributed by atoms with Crippen LogP contribution in [0.2, 0.25) is 0 Å². The van der Waals surface area contributed by atoms with Crippen LogP contribution in [0, 0.1) is 50.2 Å². The van der Waals surface area contributed by atoms with Gasteiger partial charge in [-0.25, -0.2) is 17.9 Å². The lowest BCUT2D eigenvalue weighted by molar-refractivity contribution is -0.185. The second kappa shape index (κ2) is 10.0. The van der Waals surface area contributed by atoms with Gasteiger partial charge in [0.25, 0.3) is 10.0 Å². The summed E-state index contributed by atoms with van der Waals surface area (Å²) in [6.45, 7) is 16.2. The first kappa shape index (κ1) is 32.5. The first-order chi connectivity index (χ1) is 20.7. The second-order valence-corrected chi connectivity index (χ2v) is 19.0. The SMILES string of the molecule is CC1(C)CC[C@]2(C(=O)NS(=O)(=O)c3ccc(C(=O)O)cc3)CC[C@]3(C)C(=CC[C@@H]4[C@@]5(C)CCC(=O)C(C)(C)[C@@H]5CC[C@]43C)[C@@H]2C1. The molecule has 5 aliphatic carbocycles. The molecule has 246 valence electrons. The van der Waals surface area contributed by atoms with Crippen LogP contribution in [0.3, 0.4) is 0 Å². The number of sulfonamides is 1. The molecule has 0 unspecified atom stereocenters. The number of hydrogen-bond donors (Lipinski definition) is 2. The van der Waals surface area contributed by atoms with Crippen LogP contribution >= 0.6 is 0 Å². The van der Waals surface area contributed by atoms with Gasteiger partial charge in [0.05, 0.1) is 15.9 Å². The van der Waals surface area contributed by atoms with Crippen LogP contribution in [-0.2, 0) is 19.6 Å². The number of ketones is 1. The summed E-state index contributed by atoms with van der Waals surface area (Å²) in [5, 5.41) is 9.24. The molecule has 1 aromatic carbocycles. The van der Waals surface area contributed by atoms with Crippen molar-refractivity contribution in [3.8, 4) is 0 Å². The van der Waals surface area contributed by atoms with E-state index in [4.69, 9.17) is 0 Å². The average molecular weight is 638 g/mol. The fourth-order valence-corrected chi connectivity index (χ4v) is 12.6. The molecule has 45 heavy (non-hydrogen) atoms. The van der Waals surface area contributed by atoms with Crippen molar-refractivity contribution in [2.75, 3.05) is 0 Å². The van der Waals surface area contributed by atoms with Gasteiger partial charge in [-0.2, -0.15) is 0 Å². The Balaban J connectivity index is 1.37. The maximum Gasteiger partial charge on any atom is 0.335 e. The number of nitrogens with one attached hydrogen (secondary N) is 1. The van der Waals surface area contributed by atoms with Crippen molar-refractivity contribution < 1.29 is 27.9 Å². The summed E-state index contributed by atoms with van der Waals surface area (Å²) >= 11 is 0. The summed E-state index contributed by atoms with van der Waals surface area (Å²) in [4.78, 5) is 38.6. The van der Waals surface area contributed by atoms with Crippen LogP contribution in [0.1, 0.15) is 123 Å². The number of rotatable bonds is 4. The third-order valence-corrected chi connectivity index (χ3v) is 15.8. The standard InChI is InChI=1S/C37H51NO6S/c1-32(2)18-20-37(31(42)38-45(43,44)24-10-8-23(9-11-24)30(40)41)21-19-35(6)25(26(37)22-32)12-13-28-34(5)16-15-29(39)33(3,4)27(34)14-17-36(28,35)7/h8-12,26-28H,13-22H2,1-7H3,(H,38,42)(H,40,41)/t26-,27-,28+,34-,35+,36+,37-/m0/s1. The van der Waals surface area contributed by atoms with Crippen LogP contribution in [-0.4, -0.2) is 31.2 Å². The number of fused-ring (bicyclic) bond motifs is 7. The Morgan fingerprint density at radius 3 is 2.16 bits per heavy atom. The number of carboxylic acids is 1. The van der Waals surface area contributed by atoms with Gasteiger partial charge in [0, 0.05) is 11.8 Å². The fraction of sp³-hybridized carbons (Fsp3) is 0.703. The summed E-state index contributed by atoms with van der Waals surface area (Å²) in [6.07, 6.45) is 10.8. The highest BCUT2D eigenvalue weighted by Gasteiger charge is 2.69. The maximum absolute atomic E-state index is 14.4. The molecule has 0 aromatic heterocycles. The Labute approximate surface area is 269 Å². The molecule has 0 heterocycles. The number of amides is 1. The summed E-state index contributed by atoms with van der Waals surface area (Å²) in [7, 11) is -4.19. The number of carbonyl (C=O) groups excluding carboxylic acids is 2. The molecule has 7 atom stereocenters. The van der Waals surface area contributed by atoms with E-state index in [1.807, 2.05) is 0 Å². The molecule has 4 saturated carbocycles. The first-order valence-electron chi connectivity index (χ1n) is 16.9. The summed E-state index contributed by atoms with van der Waals surface area (Å²) < 4.78 is 29.4. The zero-order valence-electron chi connectivity index (χ0n) is 28.1. The number of carboxylic acid groups (broad SMARTS) is 1. The maximum atomic E-state index is 14.4. The molecule has 8 heteroatoms. The third-order valence-electron chi connectivity index (χ3n) is 14.5. The van der Waals surface area contributed by atoms with Crippen LogP contribution in [0.15, 0.2) is 40.8 Å². The molecule has 0 bridgehead atoms. The van der Waals surface area contributed by atoms with Crippen LogP contribution in [0.5, 0.6) is 0 Å². The van der Waals surface area contributed by atoms with E-state index in [2.05, 4.69) is 59.3 Å². The highest BCUT2D eigenvalue weighted by Crippen LogP contribution is 2.75. The van der Waals surface area contributed by atoms with E-state index in [0.717, 1.165) is 44.9 Å². The van der Waals surface area contributed by atoms with Crippen molar-refractivity contribution in [3.05, 3.63) is 41.5 Å². The van der Waals surface area contributed by atoms with E-state index in [-0.39, 0.29) is 43.5 Å². The van der Waals surface area contributed by atoms with Crippen molar-refractivity contribution in [1.82, 2.24) is 4.72 Å². The molecule has 5 aliphatic rings. The molecule has 0 saturated heterocycles. The van der Waals surface area contributed by atoms with Gasteiger partial charge in [0.15, 0.2) is 0 Å². The number of carbonyl (C=O) groups is 3. The normalized spacial score (nSPS) is 40.1. The molecule has 1 aromatic rings. The number of allylic oxidation sites excluding steroid dienone is 2. The van der Waals surface area contributed by atoms with E-state index in [1.54, 1.807) is 0 Å².